The van der Waals surface area contributed by atoms with Gasteiger partial charge in [-0.2, -0.15) is 0 Å². The van der Waals surface area contributed by atoms with Gasteiger partial charge in [-0.1, -0.05) is 30.3 Å². The topological polar surface area (TPSA) is 66.0 Å². The summed E-state index contributed by atoms with van der Waals surface area (Å²) in [5.74, 6) is 2.20. The summed E-state index contributed by atoms with van der Waals surface area (Å²) in [5.41, 5.74) is 1.43. The van der Waals surface area contributed by atoms with Gasteiger partial charge in [-0.15, -0.1) is 24.0 Å². The molecule has 0 bridgehead atoms. The predicted octanol–water partition coefficient (Wildman–Crippen LogP) is 3.19. The van der Waals surface area contributed by atoms with Crippen molar-refractivity contribution >= 4 is 36.0 Å². The smallest absolute Gasteiger partial charge is 0.409 e. The van der Waals surface area contributed by atoms with E-state index in [0.717, 1.165) is 45.0 Å². The number of hydrogen-bond acceptors (Lipinski definition) is 3. The molecule has 0 radical (unpaired) electrons. The molecule has 0 spiro atoms. The van der Waals surface area contributed by atoms with Gasteiger partial charge in [-0.05, 0) is 43.6 Å². The predicted molar refractivity (Wildman–Crippen MR) is 119 cm³/mol. The Bertz CT molecular complexity index is 618. The summed E-state index contributed by atoms with van der Waals surface area (Å²) in [6.45, 7) is 5.24. The van der Waals surface area contributed by atoms with Crippen molar-refractivity contribution < 1.29 is 9.53 Å². The summed E-state index contributed by atoms with van der Waals surface area (Å²) in [6, 6.07) is 11.1. The van der Waals surface area contributed by atoms with Crippen LogP contribution in [0.5, 0.6) is 0 Å². The molecule has 1 amide bonds. The molecule has 2 atom stereocenters. The van der Waals surface area contributed by atoms with Gasteiger partial charge >= 0.3 is 6.09 Å². The Kier molecular flexibility index (Phi) is 8.66. The second-order valence-corrected chi connectivity index (χ2v) is 7.11. The van der Waals surface area contributed by atoms with Gasteiger partial charge in [0.25, 0.3) is 0 Å². The number of amides is 1. The molecule has 3 rings (SSSR count). The Morgan fingerprint density at radius 2 is 1.96 bits per heavy atom. The van der Waals surface area contributed by atoms with Crippen molar-refractivity contribution in [2.45, 2.75) is 38.1 Å². The van der Waals surface area contributed by atoms with E-state index < -0.39 is 0 Å². The fraction of sp³-hybridized carbons (Fsp3) is 0.600. The van der Waals surface area contributed by atoms with Gasteiger partial charge in [-0.25, -0.2) is 4.79 Å². The normalized spacial score (nSPS) is 22.6. The maximum absolute atomic E-state index is 11.6. The van der Waals surface area contributed by atoms with Crippen LogP contribution in [0, 0.1) is 5.92 Å². The van der Waals surface area contributed by atoms with E-state index in [0.29, 0.717) is 17.9 Å². The van der Waals surface area contributed by atoms with E-state index >= 15 is 0 Å². The van der Waals surface area contributed by atoms with E-state index in [-0.39, 0.29) is 30.1 Å². The largest absolute Gasteiger partial charge is 0.453 e. The summed E-state index contributed by atoms with van der Waals surface area (Å²) >= 11 is 0. The highest BCUT2D eigenvalue weighted by Gasteiger charge is 2.37. The Morgan fingerprint density at radius 1 is 1.26 bits per heavy atom. The molecule has 150 valence electrons. The number of carbonyl (C=O) groups is 1. The van der Waals surface area contributed by atoms with Crippen LogP contribution in [0.2, 0.25) is 0 Å². The lowest BCUT2D eigenvalue weighted by atomic mass is 10.1. The number of methoxy groups -OCH3 is 1. The number of aliphatic imine (C=N–C) groups is 1. The third-order valence-corrected chi connectivity index (χ3v) is 5.25. The highest BCUT2D eigenvalue weighted by Crippen LogP contribution is 2.47. The fourth-order valence-electron chi connectivity index (χ4n) is 3.62. The molecular weight excluding hydrogens is 455 g/mol. The molecule has 0 aromatic heterocycles. The first-order valence-corrected chi connectivity index (χ1v) is 9.64. The van der Waals surface area contributed by atoms with Gasteiger partial charge in [-0.3, -0.25) is 4.99 Å². The van der Waals surface area contributed by atoms with E-state index in [9.17, 15) is 4.79 Å². The molecule has 1 saturated carbocycles. The van der Waals surface area contributed by atoms with Gasteiger partial charge < -0.3 is 20.3 Å². The van der Waals surface area contributed by atoms with Gasteiger partial charge in [0.2, 0.25) is 0 Å². The number of nitrogens with zero attached hydrogens (tertiary/aromatic N) is 2. The van der Waals surface area contributed by atoms with Crippen LogP contribution in [0.3, 0.4) is 0 Å². The number of halogens is 1. The first-order valence-electron chi connectivity index (χ1n) is 9.64. The van der Waals surface area contributed by atoms with Crippen LogP contribution in [0.25, 0.3) is 0 Å². The molecule has 2 aliphatic rings. The van der Waals surface area contributed by atoms with Crippen molar-refractivity contribution in [1.29, 1.82) is 0 Å². The number of ether oxygens (including phenoxy) is 1. The lowest BCUT2D eigenvalue weighted by molar-refractivity contribution is 0.111. The van der Waals surface area contributed by atoms with Crippen LogP contribution < -0.4 is 10.6 Å². The summed E-state index contributed by atoms with van der Waals surface area (Å²) in [6.07, 6.45) is 2.82. The monoisotopic (exact) mass is 486 g/mol. The minimum Gasteiger partial charge on any atom is -0.453 e. The van der Waals surface area contributed by atoms with Crippen molar-refractivity contribution in [1.82, 2.24) is 15.5 Å². The average molecular weight is 486 g/mol. The Morgan fingerprint density at radius 3 is 2.59 bits per heavy atom. The van der Waals surface area contributed by atoms with E-state index in [1.807, 2.05) is 0 Å². The zero-order chi connectivity index (χ0) is 18.4. The molecule has 1 saturated heterocycles. The SMILES string of the molecule is CCNC(=NCC1CC1c1ccccc1)NC1CCN(C(=O)OC)CC1.I. The Balaban J connectivity index is 0.00000261. The molecular formula is C20H31IN4O2. The molecule has 1 aliphatic heterocycles. The number of likely N-dealkylation sites (tertiary alicyclic amines) is 1. The Hall–Kier alpha value is -1.51. The summed E-state index contributed by atoms with van der Waals surface area (Å²) in [5, 5.41) is 6.88. The number of benzene rings is 1. The molecule has 6 nitrogen and oxygen atoms in total. The van der Waals surface area contributed by atoms with Crippen molar-refractivity contribution in [2.75, 3.05) is 33.3 Å². The number of guanidine groups is 1. The molecule has 1 aromatic carbocycles. The van der Waals surface area contributed by atoms with Crippen LogP contribution in [0.15, 0.2) is 35.3 Å². The number of carbonyl (C=O) groups excluding carboxylic acids is 1. The van der Waals surface area contributed by atoms with Gasteiger partial charge in [0.15, 0.2) is 5.96 Å². The van der Waals surface area contributed by atoms with Gasteiger partial charge in [0.05, 0.1) is 7.11 Å². The van der Waals surface area contributed by atoms with Crippen LogP contribution in [0.4, 0.5) is 4.79 Å². The summed E-state index contributed by atoms with van der Waals surface area (Å²) in [4.78, 5) is 18.1. The lowest BCUT2D eigenvalue weighted by Crippen LogP contribution is -2.49. The minimum atomic E-state index is -0.232. The van der Waals surface area contributed by atoms with E-state index in [4.69, 9.17) is 9.73 Å². The molecule has 27 heavy (non-hydrogen) atoms. The number of nitrogens with one attached hydrogen (secondary N) is 2. The van der Waals surface area contributed by atoms with Crippen LogP contribution in [-0.2, 0) is 4.74 Å². The van der Waals surface area contributed by atoms with Crippen LogP contribution in [-0.4, -0.2) is 56.3 Å². The van der Waals surface area contributed by atoms with Gasteiger partial charge in [0, 0.05) is 32.2 Å². The average Bonchev–Trinajstić information content (AvgIpc) is 3.47. The number of rotatable bonds is 5. The molecule has 1 aromatic rings. The highest BCUT2D eigenvalue weighted by atomic mass is 127. The summed E-state index contributed by atoms with van der Waals surface area (Å²) in [7, 11) is 1.43. The molecule has 2 unspecified atom stereocenters. The first-order chi connectivity index (χ1) is 12.7. The number of hydrogen-bond donors (Lipinski definition) is 2. The van der Waals surface area contributed by atoms with Crippen LogP contribution >= 0.6 is 24.0 Å². The van der Waals surface area contributed by atoms with Crippen LogP contribution in [0.1, 0.15) is 37.7 Å². The molecule has 2 N–H and O–H groups in total. The van der Waals surface area contributed by atoms with Gasteiger partial charge in [0.1, 0.15) is 0 Å². The standard InChI is InChI=1S/C20H30N4O2.HI/c1-3-21-19(23-17-9-11-24(12-10-17)20(25)26-2)22-14-16-13-18(16)15-7-5-4-6-8-15;/h4-8,16-18H,3,9-14H2,1-2H3,(H2,21,22,23);1H. The zero-order valence-electron chi connectivity index (χ0n) is 16.2. The first kappa shape index (κ1) is 21.8. The van der Waals surface area contributed by atoms with Crippen molar-refractivity contribution in [2.24, 2.45) is 10.9 Å². The molecule has 7 heteroatoms. The van der Waals surface area contributed by atoms with Crippen molar-refractivity contribution in [3.05, 3.63) is 35.9 Å². The van der Waals surface area contributed by atoms with E-state index in [1.54, 1.807) is 4.90 Å². The maximum atomic E-state index is 11.6. The summed E-state index contributed by atoms with van der Waals surface area (Å²) < 4.78 is 4.79. The number of piperidine rings is 1. The third-order valence-electron chi connectivity index (χ3n) is 5.25. The second kappa shape index (κ2) is 10.7. The molecule has 2 fully saturated rings. The minimum absolute atomic E-state index is 0. The zero-order valence-corrected chi connectivity index (χ0v) is 18.5. The van der Waals surface area contributed by atoms with E-state index in [1.165, 1.54) is 19.1 Å². The second-order valence-electron chi connectivity index (χ2n) is 7.11. The quantitative estimate of drug-likeness (QED) is 0.381. The molecule has 1 aliphatic carbocycles. The van der Waals surface area contributed by atoms with Crippen molar-refractivity contribution in [3.63, 3.8) is 0 Å². The van der Waals surface area contributed by atoms with Crippen molar-refractivity contribution in [3.8, 4) is 0 Å². The molecule has 1 heterocycles. The third kappa shape index (κ3) is 6.26. The Labute approximate surface area is 179 Å². The maximum Gasteiger partial charge on any atom is 0.409 e. The fourth-order valence-corrected chi connectivity index (χ4v) is 3.62. The highest BCUT2D eigenvalue weighted by molar-refractivity contribution is 14.0. The lowest BCUT2D eigenvalue weighted by Gasteiger charge is -2.32. The van der Waals surface area contributed by atoms with E-state index in [2.05, 4.69) is 47.9 Å².